The van der Waals surface area contributed by atoms with Crippen molar-refractivity contribution in [3.63, 3.8) is 0 Å². The Bertz CT molecular complexity index is 341. The van der Waals surface area contributed by atoms with E-state index in [0.717, 1.165) is 13.1 Å². The summed E-state index contributed by atoms with van der Waals surface area (Å²) in [6, 6.07) is 0. The Balaban J connectivity index is 1.97. The molecule has 1 aromatic heterocycles. The molecule has 1 saturated heterocycles. The Morgan fingerprint density at radius 2 is 2.50 bits per heavy atom. The molecule has 78 valence electrons. The van der Waals surface area contributed by atoms with Crippen molar-refractivity contribution in [2.45, 2.75) is 19.4 Å². The van der Waals surface area contributed by atoms with Crippen LogP contribution in [0.25, 0.3) is 0 Å². The van der Waals surface area contributed by atoms with Gasteiger partial charge in [-0.15, -0.1) is 0 Å². The molecule has 4 heteroatoms. The van der Waals surface area contributed by atoms with Crippen LogP contribution >= 0.6 is 0 Å². The smallest absolute Gasteiger partial charge is 0.313 e. The molecule has 0 amide bonds. The molecule has 1 unspecified atom stereocenters. The van der Waals surface area contributed by atoms with Crippen LogP contribution in [-0.4, -0.2) is 34.6 Å². The number of hydrogen-bond acceptors (Lipinski definition) is 2. The standard InChI is InChI=1S/C10H17N3O/c1-12-5-2-3-9(7-12)8-13-6-4-11-10(13)14/h4,6,9H,2-3,5,7-8H2,1H3,(H,11,14). The van der Waals surface area contributed by atoms with E-state index in [1.165, 1.54) is 19.4 Å². The maximum Gasteiger partial charge on any atom is 0.325 e. The number of piperidine rings is 1. The van der Waals surface area contributed by atoms with Gasteiger partial charge in [-0.05, 0) is 32.4 Å². The van der Waals surface area contributed by atoms with Gasteiger partial charge in [-0.3, -0.25) is 4.57 Å². The largest absolute Gasteiger partial charge is 0.325 e. The minimum absolute atomic E-state index is 0.0122. The zero-order valence-corrected chi connectivity index (χ0v) is 8.57. The number of aromatic amines is 1. The van der Waals surface area contributed by atoms with Crippen LogP contribution in [0, 0.1) is 5.92 Å². The van der Waals surface area contributed by atoms with E-state index in [-0.39, 0.29) is 5.69 Å². The highest BCUT2D eigenvalue weighted by atomic mass is 16.1. The van der Waals surface area contributed by atoms with Gasteiger partial charge in [-0.2, -0.15) is 0 Å². The predicted molar refractivity (Wildman–Crippen MR) is 55.3 cm³/mol. The quantitative estimate of drug-likeness (QED) is 0.747. The first-order valence-corrected chi connectivity index (χ1v) is 5.18. The van der Waals surface area contributed by atoms with Gasteiger partial charge >= 0.3 is 5.69 Å². The first-order valence-electron chi connectivity index (χ1n) is 5.18. The molecular formula is C10H17N3O. The summed E-state index contributed by atoms with van der Waals surface area (Å²) in [7, 11) is 2.14. The highest BCUT2D eigenvalue weighted by Crippen LogP contribution is 2.15. The second-order valence-corrected chi connectivity index (χ2v) is 4.19. The Morgan fingerprint density at radius 3 is 3.14 bits per heavy atom. The lowest BCUT2D eigenvalue weighted by molar-refractivity contribution is 0.193. The topological polar surface area (TPSA) is 41.0 Å². The average Bonchev–Trinajstić information content (AvgIpc) is 2.52. The molecule has 4 nitrogen and oxygen atoms in total. The van der Waals surface area contributed by atoms with Gasteiger partial charge in [0.15, 0.2) is 0 Å². The van der Waals surface area contributed by atoms with E-state index >= 15 is 0 Å². The number of rotatable bonds is 2. The summed E-state index contributed by atoms with van der Waals surface area (Å²) in [5, 5.41) is 0. The van der Waals surface area contributed by atoms with Crippen molar-refractivity contribution in [1.82, 2.24) is 14.5 Å². The first-order chi connectivity index (χ1) is 6.75. The van der Waals surface area contributed by atoms with Crippen molar-refractivity contribution in [3.05, 3.63) is 22.9 Å². The van der Waals surface area contributed by atoms with Crippen LogP contribution in [0.1, 0.15) is 12.8 Å². The van der Waals surface area contributed by atoms with Gasteiger partial charge in [0.05, 0.1) is 0 Å². The monoisotopic (exact) mass is 195 g/mol. The summed E-state index contributed by atoms with van der Waals surface area (Å²) < 4.78 is 1.77. The molecule has 1 aromatic rings. The van der Waals surface area contributed by atoms with E-state index < -0.39 is 0 Å². The molecule has 0 bridgehead atoms. The lowest BCUT2D eigenvalue weighted by atomic mass is 9.98. The van der Waals surface area contributed by atoms with Crippen LogP contribution in [-0.2, 0) is 6.54 Å². The summed E-state index contributed by atoms with van der Waals surface area (Å²) in [5.74, 6) is 0.627. The minimum atomic E-state index is 0.0122. The Hall–Kier alpha value is -1.03. The van der Waals surface area contributed by atoms with Crippen LogP contribution < -0.4 is 5.69 Å². The number of imidazole rings is 1. The number of hydrogen-bond donors (Lipinski definition) is 1. The van der Waals surface area contributed by atoms with Gasteiger partial charge in [-0.1, -0.05) is 0 Å². The molecule has 1 aliphatic heterocycles. The fourth-order valence-electron chi connectivity index (χ4n) is 2.19. The van der Waals surface area contributed by atoms with Crippen molar-refractivity contribution in [1.29, 1.82) is 0 Å². The molecule has 1 N–H and O–H groups in total. The van der Waals surface area contributed by atoms with Gasteiger partial charge in [0.1, 0.15) is 0 Å². The maximum atomic E-state index is 11.3. The fraction of sp³-hybridized carbons (Fsp3) is 0.700. The Morgan fingerprint density at radius 1 is 1.64 bits per heavy atom. The summed E-state index contributed by atoms with van der Waals surface area (Å²) in [6.45, 7) is 3.16. The zero-order valence-electron chi connectivity index (χ0n) is 8.57. The highest BCUT2D eigenvalue weighted by molar-refractivity contribution is 4.79. The summed E-state index contributed by atoms with van der Waals surface area (Å²) in [6.07, 6.45) is 6.02. The van der Waals surface area contributed by atoms with Crippen molar-refractivity contribution in [3.8, 4) is 0 Å². The first kappa shape index (κ1) is 9.52. The van der Waals surface area contributed by atoms with Gasteiger partial charge < -0.3 is 9.88 Å². The van der Waals surface area contributed by atoms with E-state index in [2.05, 4.69) is 16.9 Å². The molecule has 0 aliphatic carbocycles. The molecular weight excluding hydrogens is 178 g/mol. The van der Waals surface area contributed by atoms with Crippen LogP contribution in [0.5, 0.6) is 0 Å². The predicted octanol–water partition coefficient (Wildman–Crippen LogP) is 0.518. The molecule has 1 aliphatic rings. The van der Waals surface area contributed by atoms with E-state index in [4.69, 9.17) is 0 Å². The highest BCUT2D eigenvalue weighted by Gasteiger charge is 2.17. The van der Waals surface area contributed by atoms with Crippen LogP contribution in [0.15, 0.2) is 17.2 Å². The minimum Gasteiger partial charge on any atom is -0.313 e. The molecule has 0 radical (unpaired) electrons. The third-order valence-electron chi connectivity index (χ3n) is 2.90. The second kappa shape index (κ2) is 4.00. The Kier molecular flexibility index (Phi) is 2.72. The van der Waals surface area contributed by atoms with Crippen LogP contribution in [0.3, 0.4) is 0 Å². The van der Waals surface area contributed by atoms with Crippen LogP contribution in [0.4, 0.5) is 0 Å². The van der Waals surface area contributed by atoms with E-state index in [9.17, 15) is 4.79 Å². The van der Waals surface area contributed by atoms with Crippen molar-refractivity contribution in [2.24, 2.45) is 5.92 Å². The molecule has 0 aromatic carbocycles. The molecule has 2 heterocycles. The lowest BCUT2D eigenvalue weighted by Crippen LogP contribution is -2.35. The summed E-state index contributed by atoms with van der Waals surface area (Å²) >= 11 is 0. The molecule has 2 rings (SSSR count). The average molecular weight is 195 g/mol. The third-order valence-corrected chi connectivity index (χ3v) is 2.90. The molecule has 1 atom stereocenters. The Labute approximate surface area is 83.5 Å². The van der Waals surface area contributed by atoms with E-state index in [1.54, 1.807) is 10.8 Å². The van der Waals surface area contributed by atoms with E-state index in [0.29, 0.717) is 5.92 Å². The molecule has 14 heavy (non-hydrogen) atoms. The molecule has 0 saturated carbocycles. The number of likely N-dealkylation sites (tertiary alicyclic amines) is 1. The van der Waals surface area contributed by atoms with Gasteiger partial charge in [0.2, 0.25) is 0 Å². The number of nitrogens with zero attached hydrogens (tertiary/aromatic N) is 2. The SMILES string of the molecule is CN1CCCC(Cn2cc[nH]c2=O)C1. The fourth-order valence-corrected chi connectivity index (χ4v) is 2.19. The summed E-state index contributed by atoms with van der Waals surface area (Å²) in [5.41, 5.74) is 0.0122. The summed E-state index contributed by atoms with van der Waals surface area (Å²) in [4.78, 5) is 16.3. The van der Waals surface area contributed by atoms with Gasteiger partial charge in [0.25, 0.3) is 0 Å². The second-order valence-electron chi connectivity index (χ2n) is 4.19. The van der Waals surface area contributed by atoms with Gasteiger partial charge in [-0.25, -0.2) is 4.79 Å². The third kappa shape index (κ3) is 2.07. The van der Waals surface area contributed by atoms with Gasteiger partial charge in [0, 0.05) is 25.5 Å². The maximum absolute atomic E-state index is 11.3. The normalized spacial score (nSPS) is 23.9. The molecule has 1 fully saturated rings. The van der Waals surface area contributed by atoms with Crippen molar-refractivity contribution in [2.75, 3.05) is 20.1 Å². The van der Waals surface area contributed by atoms with Crippen molar-refractivity contribution < 1.29 is 0 Å². The number of H-pyrrole nitrogens is 1. The lowest BCUT2D eigenvalue weighted by Gasteiger charge is -2.29. The van der Waals surface area contributed by atoms with Crippen molar-refractivity contribution >= 4 is 0 Å². The number of aromatic nitrogens is 2. The number of nitrogens with one attached hydrogen (secondary N) is 1. The zero-order chi connectivity index (χ0) is 9.97. The molecule has 0 spiro atoms. The van der Waals surface area contributed by atoms with Crippen LogP contribution in [0.2, 0.25) is 0 Å². The van der Waals surface area contributed by atoms with E-state index in [1.807, 2.05) is 6.20 Å².